The minimum atomic E-state index is -0.515. The molecule has 0 amide bonds. The molecule has 0 aromatic heterocycles. The highest BCUT2D eigenvalue weighted by atomic mass is 19.1. The molecular formula is C19H17FO3. The summed E-state index contributed by atoms with van der Waals surface area (Å²) in [6, 6.07) is 6.46. The highest BCUT2D eigenvalue weighted by molar-refractivity contribution is 5.82. The van der Waals surface area contributed by atoms with Crippen LogP contribution in [0.2, 0.25) is 0 Å². The molecule has 0 saturated heterocycles. The van der Waals surface area contributed by atoms with Crippen LogP contribution < -0.4 is 4.74 Å². The summed E-state index contributed by atoms with van der Waals surface area (Å²) in [6.07, 6.45) is 4.70. The van der Waals surface area contributed by atoms with Gasteiger partial charge >= 0.3 is 0 Å². The van der Waals surface area contributed by atoms with Gasteiger partial charge in [-0.2, -0.15) is 0 Å². The number of carbonyl (C=O) groups excluding carboxylic acids is 2. The van der Waals surface area contributed by atoms with E-state index in [4.69, 9.17) is 4.74 Å². The minimum absolute atomic E-state index is 0.0577. The van der Waals surface area contributed by atoms with Gasteiger partial charge in [-0.3, -0.25) is 9.59 Å². The largest absolute Gasteiger partial charge is 0.496 e. The lowest BCUT2D eigenvalue weighted by atomic mass is 9.93. The maximum atomic E-state index is 13.8. The molecule has 0 aliphatic heterocycles. The van der Waals surface area contributed by atoms with Gasteiger partial charge in [-0.15, -0.1) is 0 Å². The smallest absolute Gasteiger partial charge is 0.153 e. The third-order valence-electron chi connectivity index (χ3n) is 4.39. The summed E-state index contributed by atoms with van der Waals surface area (Å²) in [5.74, 6) is 0.150. The number of rotatable bonds is 5. The third kappa shape index (κ3) is 2.77. The van der Waals surface area contributed by atoms with Gasteiger partial charge in [0.25, 0.3) is 0 Å². The van der Waals surface area contributed by atoms with Crippen LogP contribution in [-0.2, 0) is 19.3 Å². The van der Waals surface area contributed by atoms with Crippen molar-refractivity contribution in [3.8, 4) is 5.75 Å². The van der Waals surface area contributed by atoms with Gasteiger partial charge in [-0.05, 0) is 66.1 Å². The van der Waals surface area contributed by atoms with Crippen LogP contribution >= 0.6 is 0 Å². The average Bonchev–Trinajstić information content (AvgIpc) is 3.04. The van der Waals surface area contributed by atoms with E-state index in [2.05, 4.69) is 0 Å². The van der Waals surface area contributed by atoms with Crippen molar-refractivity contribution in [2.75, 3.05) is 7.11 Å². The lowest BCUT2D eigenvalue weighted by Gasteiger charge is -2.15. The molecule has 0 fully saturated rings. The van der Waals surface area contributed by atoms with E-state index in [0.717, 1.165) is 42.2 Å². The normalized spacial score (nSPS) is 12.8. The number of benzene rings is 2. The van der Waals surface area contributed by atoms with Gasteiger partial charge in [0.1, 0.15) is 11.6 Å². The molecule has 0 atom stereocenters. The number of hydrogen-bond acceptors (Lipinski definition) is 3. The second-order valence-corrected chi connectivity index (χ2v) is 5.74. The third-order valence-corrected chi connectivity index (χ3v) is 4.39. The molecule has 0 spiro atoms. The fraction of sp³-hybridized carbons (Fsp3) is 0.263. The van der Waals surface area contributed by atoms with E-state index in [0.29, 0.717) is 24.0 Å². The molecule has 4 heteroatoms. The number of fused-ring (bicyclic) bond motifs is 1. The van der Waals surface area contributed by atoms with Crippen molar-refractivity contribution in [2.24, 2.45) is 0 Å². The van der Waals surface area contributed by atoms with Gasteiger partial charge in [0.05, 0.1) is 18.2 Å². The van der Waals surface area contributed by atoms with Gasteiger partial charge in [0.15, 0.2) is 12.6 Å². The summed E-state index contributed by atoms with van der Waals surface area (Å²) in [4.78, 5) is 22.1. The standard InChI is InChI=1S/C19H17FO3/c1-23-19-15(11-22)9-14(16-3-2-4-17(16)19)7-12-5-6-13(10-21)18(20)8-12/h5-6,8-11H,2-4,7H2,1H3. The van der Waals surface area contributed by atoms with Crippen molar-refractivity contribution in [3.63, 3.8) is 0 Å². The Kier molecular flexibility index (Phi) is 4.24. The maximum Gasteiger partial charge on any atom is 0.153 e. The number of methoxy groups -OCH3 is 1. The van der Waals surface area contributed by atoms with Crippen molar-refractivity contribution in [1.82, 2.24) is 0 Å². The van der Waals surface area contributed by atoms with Crippen LogP contribution in [0.1, 0.15) is 49.4 Å². The molecule has 3 nitrogen and oxygen atoms in total. The highest BCUT2D eigenvalue weighted by Crippen LogP contribution is 2.36. The zero-order chi connectivity index (χ0) is 16.4. The Bertz CT molecular complexity index is 781. The fourth-order valence-electron chi connectivity index (χ4n) is 3.35. The van der Waals surface area contributed by atoms with Crippen molar-refractivity contribution in [3.05, 3.63) is 63.5 Å². The molecular weight excluding hydrogens is 295 g/mol. The van der Waals surface area contributed by atoms with Gasteiger partial charge in [-0.1, -0.05) is 6.07 Å². The van der Waals surface area contributed by atoms with Crippen LogP contribution in [0.15, 0.2) is 24.3 Å². The van der Waals surface area contributed by atoms with E-state index in [1.165, 1.54) is 17.7 Å². The zero-order valence-corrected chi connectivity index (χ0v) is 12.9. The van der Waals surface area contributed by atoms with Crippen LogP contribution in [0.5, 0.6) is 5.75 Å². The summed E-state index contributed by atoms with van der Waals surface area (Å²) < 4.78 is 19.2. The van der Waals surface area contributed by atoms with Crippen molar-refractivity contribution in [2.45, 2.75) is 25.7 Å². The van der Waals surface area contributed by atoms with Gasteiger partial charge in [0, 0.05) is 0 Å². The van der Waals surface area contributed by atoms with Crippen molar-refractivity contribution >= 4 is 12.6 Å². The number of halogens is 1. The first kappa shape index (κ1) is 15.4. The van der Waals surface area contributed by atoms with E-state index in [9.17, 15) is 14.0 Å². The molecule has 1 aliphatic rings. The van der Waals surface area contributed by atoms with Gasteiger partial charge < -0.3 is 4.74 Å². The maximum absolute atomic E-state index is 13.8. The molecule has 0 bridgehead atoms. The fourth-order valence-corrected chi connectivity index (χ4v) is 3.35. The molecule has 0 radical (unpaired) electrons. The topological polar surface area (TPSA) is 43.4 Å². The molecule has 1 aliphatic carbocycles. The highest BCUT2D eigenvalue weighted by Gasteiger charge is 2.22. The first-order valence-electron chi connectivity index (χ1n) is 7.58. The van der Waals surface area contributed by atoms with E-state index < -0.39 is 5.82 Å². The molecule has 23 heavy (non-hydrogen) atoms. The first-order valence-corrected chi connectivity index (χ1v) is 7.58. The Morgan fingerprint density at radius 2 is 1.83 bits per heavy atom. The van der Waals surface area contributed by atoms with Crippen LogP contribution in [0.25, 0.3) is 0 Å². The second-order valence-electron chi connectivity index (χ2n) is 5.74. The SMILES string of the molecule is COc1c(C=O)cc(Cc2ccc(C=O)c(F)c2)c2c1CCC2. The Morgan fingerprint density at radius 1 is 1.09 bits per heavy atom. The van der Waals surface area contributed by atoms with Crippen LogP contribution in [-0.4, -0.2) is 19.7 Å². The van der Waals surface area contributed by atoms with Crippen molar-refractivity contribution < 1.29 is 18.7 Å². The minimum Gasteiger partial charge on any atom is -0.496 e. The van der Waals surface area contributed by atoms with Crippen LogP contribution in [0.4, 0.5) is 4.39 Å². The summed E-state index contributed by atoms with van der Waals surface area (Å²) in [7, 11) is 1.58. The van der Waals surface area contributed by atoms with E-state index in [-0.39, 0.29) is 5.56 Å². The Balaban J connectivity index is 2.03. The van der Waals surface area contributed by atoms with Crippen molar-refractivity contribution in [1.29, 1.82) is 0 Å². The molecule has 0 unspecified atom stereocenters. The van der Waals surface area contributed by atoms with E-state index >= 15 is 0 Å². The van der Waals surface area contributed by atoms with Gasteiger partial charge in [0.2, 0.25) is 0 Å². The predicted octanol–water partition coefficient (Wildman–Crippen LogP) is 3.54. The summed E-state index contributed by atoms with van der Waals surface area (Å²) in [6.45, 7) is 0. The molecule has 2 aromatic rings. The summed E-state index contributed by atoms with van der Waals surface area (Å²) in [5.41, 5.74) is 4.70. The number of hydrogen-bond donors (Lipinski definition) is 0. The Hall–Kier alpha value is -2.49. The predicted molar refractivity (Wildman–Crippen MR) is 85.0 cm³/mol. The lowest BCUT2D eigenvalue weighted by molar-refractivity contribution is 0.111. The quantitative estimate of drug-likeness (QED) is 0.793. The van der Waals surface area contributed by atoms with E-state index in [1.807, 2.05) is 6.07 Å². The number of aldehydes is 2. The molecule has 118 valence electrons. The van der Waals surface area contributed by atoms with Gasteiger partial charge in [-0.25, -0.2) is 4.39 Å². The Labute approximate surface area is 134 Å². The molecule has 0 N–H and O–H groups in total. The summed E-state index contributed by atoms with van der Waals surface area (Å²) >= 11 is 0. The van der Waals surface area contributed by atoms with E-state index in [1.54, 1.807) is 13.2 Å². The summed E-state index contributed by atoms with van der Waals surface area (Å²) in [5, 5.41) is 0. The van der Waals surface area contributed by atoms with Crippen LogP contribution in [0, 0.1) is 5.82 Å². The lowest BCUT2D eigenvalue weighted by Crippen LogP contribution is -2.03. The molecule has 3 rings (SSSR count). The zero-order valence-electron chi connectivity index (χ0n) is 12.9. The van der Waals surface area contributed by atoms with Crippen LogP contribution in [0.3, 0.4) is 0 Å². The molecule has 2 aromatic carbocycles. The second kappa shape index (κ2) is 6.32. The number of carbonyl (C=O) groups is 2. The molecule has 0 heterocycles. The average molecular weight is 312 g/mol. The number of ether oxygens (including phenoxy) is 1. The monoisotopic (exact) mass is 312 g/mol. The molecule has 0 saturated carbocycles. The Morgan fingerprint density at radius 3 is 2.48 bits per heavy atom. The first-order chi connectivity index (χ1) is 11.2.